The van der Waals surface area contributed by atoms with Gasteiger partial charge in [-0.15, -0.1) is 0 Å². The van der Waals surface area contributed by atoms with E-state index in [9.17, 15) is 9.59 Å². The number of nitrogens with one attached hydrogen (secondary N) is 1. The third kappa shape index (κ3) is 3.66. The number of hydrogen-bond acceptors (Lipinski definition) is 4. The van der Waals surface area contributed by atoms with E-state index in [0.29, 0.717) is 18.1 Å². The van der Waals surface area contributed by atoms with Gasteiger partial charge in [-0.3, -0.25) is 14.5 Å². The van der Waals surface area contributed by atoms with Crippen molar-refractivity contribution in [2.24, 2.45) is 0 Å². The molecule has 118 valence electrons. The van der Waals surface area contributed by atoms with Crippen molar-refractivity contribution < 1.29 is 14.3 Å². The van der Waals surface area contributed by atoms with Crippen LogP contribution in [0.25, 0.3) is 0 Å². The number of carbonyl (C=O) groups excluding carboxylic acids is 2. The maximum atomic E-state index is 12.1. The summed E-state index contributed by atoms with van der Waals surface area (Å²) in [5, 5.41) is 2.83. The van der Waals surface area contributed by atoms with E-state index in [-0.39, 0.29) is 25.0 Å². The summed E-state index contributed by atoms with van der Waals surface area (Å²) in [6, 6.07) is 13.4. The molecule has 1 aromatic carbocycles. The number of fused-ring (bicyclic) bond motifs is 1. The highest BCUT2D eigenvalue weighted by Crippen LogP contribution is 2.28. The predicted molar refractivity (Wildman–Crippen MR) is 85.2 cm³/mol. The summed E-state index contributed by atoms with van der Waals surface area (Å²) >= 11 is 0. The first-order valence-corrected chi connectivity index (χ1v) is 7.43. The van der Waals surface area contributed by atoms with Crippen LogP contribution >= 0.6 is 0 Å². The van der Waals surface area contributed by atoms with E-state index in [4.69, 9.17) is 4.74 Å². The molecule has 2 heterocycles. The highest BCUT2D eigenvalue weighted by atomic mass is 16.5. The Bertz CT molecular complexity index is 703. The van der Waals surface area contributed by atoms with Gasteiger partial charge in [-0.2, -0.15) is 0 Å². The smallest absolute Gasteiger partial charge is 0.266 e. The van der Waals surface area contributed by atoms with Crippen LogP contribution in [0.4, 0.5) is 5.82 Å². The van der Waals surface area contributed by atoms with Crippen molar-refractivity contribution in [2.45, 2.75) is 6.42 Å². The van der Waals surface area contributed by atoms with Crippen LogP contribution in [-0.2, 0) is 16.0 Å². The van der Waals surface area contributed by atoms with E-state index in [2.05, 4.69) is 10.3 Å². The standard InChI is InChI=1S/C17H17N3O3/c21-15(18-10-8-13-5-2-1-3-6-13)11-20-16(22)12-23-14-7-4-9-19-17(14)20/h1-7,9H,8,10-12H2,(H,18,21). The molecule has 0 aliphatic carbocycles. The second-order valence-electron chi connectivity index (χ2n) is 5.18. The Labute approximate surface area is 134 Å². The molecule has 2 amide bonds. The summed E-state index contributed by atoms with van der Waals surface area (Å²) in [5.74, 6) is 0.424. The van der Waals surface area contributed by atoms with Gasteiger partial charge in [-0.1, -0.05) is 30.3 Å². The molecule has 1 aliphatic heterocycles. The number of aromatic nitrogens is 1. The largest absolute Gasteiger partial charge is 0.480 e. The fourth-order valence-electron chi connectivity index (χ4n) is 2.39. The molecule has 0 fully saturated rings. The lowest BCUT2D eigenvalue weighted by Crippen LogP contribution is -2.45. The average Bonchev–Trinajstić information content (AvgIpc) is 2.58. The van der Waals surface area contributed by atoms with Gasteiger partial charge in [-0.05, 0) is 24.1 Å². The van der Waals surface area contributed by atoms with Crippen molar-refractivity contribution in [3.05, 3.63) is 54.2 Å². The summed E-state index contributed by atoms with van der Waals surface area (Å²) in [6.45, 7) is 0.396. The molecule has 2 aromatic rings. The van der Waals surface area contributed by atoms with Gasteiger partial charge in [0.15, 0.2) is 18.2 Å². The van der Waals surface area contributed by atoms with Gasteiger partial charge in [0.05, 0.1) is 0 Å². The fourth-order valence-corrected chi connectivity index (χ4v) is 2.39. The SMILES string of the molecule is O=C(CN1C(=O)COc2cccnc21)NCCc1ccccc1. The first-order valence-electron chi connectivity index (χ1n) is 7.43. The Morgan fingerprint density at radius 2 is 2.04 bits per heavy atom. The second kappa shape index (κ2) is 6.91. The number of pyridine rings is 1. The fraction of sp³-hybridized carbons (Fsp3) is 0.235. The minimum Gasteiger partial charge on any atom is -0.480 e. The molecule has 0 atom stereocenters. The summed E-state index contributed by atoms with van der Waals surface area (Å²) in [7, 11) is 0. The summed E-state index contributed by atoms with van der Waals surface area (Å²) in [6.07, 6.45) is 2.32. The van der Waals surface area contributed by atoms with Gasteiger partial charge < -0.3 is 10.1 Å². The molecular formula is C17H17N3O3. The summed E-state index contributed by atoms with van der Waals surface area (Å²) in [4.78, 5) is 29.5. The molecule has 0 spiro atoms. The Balaban J connectivity index is 1.56. The third-order valence-electron chi connectivity index (χ3n) is 3.54. The van der Waals surface area contributed by atoms with Crippen molar-refractivity contribution in [3.8, 4) is 5.75 Å². The van der Waals surface area contributed by atoms with Crippen molar-refractivity contribution in [1.82, 2.24) is 10.3 Å². The van der Waals surface area contributed by atoms with Gasteiger partial charge in [0, 0.05) is 12.7 Å². The molecule has 1 aromatic heterocycles. The number of nitrogens with zero attached hydrogens (tertiary/aromatic N) is 2. The van der Waals surface area contributed by atoms with Crippen molar-refractivity contribution in [2.75, 3.05) is 24.6 Å². The minimum absolute atomic E-state index is 0.0546. The van der Waals surface area contributed by atoms with Crippen LogP contribution in [0, 0.1) is 0 Å². The monoisotopic (exact) mass is 311 g/mol. The average molecular weight is 311 g/mol. The highest BCUT2D eigenvalue weighted by molar-refractivity contribution is 6.01. The van der Waals surface area contributed by atoms with E-state index in [0.717, 1.165) is 12.0 Å². The Kier molecular flexibility index (Phi) is 4.52. The van der Waals surface area contributed by atoms with E-state index in [1.807, 2.05) is 30.3 Å². The van der Waals surface area contributed by atoms with Crippen LogP contribution in [0.3, 0.4) is 0 Å². The zero-order chi connectivity index (χ0) is 16.1. The number of carbonyl (C=O) groups is 2. The molecule has 23 heavy (non-hydrogen) atoms. The zero-order valence-electron chi connectivity index (χ0n) is 12.6. The predicted octanol–water partition coefficient (Wildman–Crippen LogP) is 1.17. The zero-order valence-corrected chi connectivity index (χ0v) is 12.6. The number of benzene rings is 1. The minimum atomic E-state index is -0.269. The van der Waals surface area contributed by atoms with E-state index in [1.165, 1.54) is 4.90 Å². The lowest BCUT2D eigenvalue weighted by Gasteiger charge is -2.27. The van der Waals surface area contributed by atoms with E-state index < -0.39 is 0 Å². The molecule has 0 bridgehead atoms. The molecule has 0 saturated heterocycles. The van der Waals surface area contributed by atoms with Gasteiger partial charge in [0.25, 0.3) is 5.91 Å². The van der Waals surface area contributed by atoms with Gasteiger partial charge in [-0.25, -0.2) is 4.98 Å². The number of amides is 2. The molecule has 0 saturated carbocycles. The number of anilines is 1. The van der Waals surface area contributed by atoms with Crippen LogP contribution in [-0.4, -0.2) is 36.5 Å². The van der Waals surface area contributed by atoms with Crippen LogP contribution in [0.15, 0.2) is 48.7 Å². The molecule has 0 radical (unpaired) electrons. The highest BCUT2D eigenvalue weighted by Gasteiger charge is 2.28. The summed E-state index contributed by atoms with van der Waals surface area (Å²) < 4.78 is 5.30. The second-order valence-corrected chi connectivity index (χ2v) is 5.18. The van der Waals surface area contributed by atoms with Crippen LogP contribution in [0.5, 0.6) is 5.75 Å². The number of rotatable bonds is 5. The van der Waals surface area contributed by atoms with Crippen LogP contribution in [0.1, 0.15) is 5.56 Å². The lowest BCUT2D eigenvalue weighted by molar-refractivity contribution is -0.125. The maximum Gasteiger partial charge on any atom is 0.266 e. The van der Waals surface area contributed by atoms with Crippen molar-refractivity contribution in [1.29, 1.82) is 0 Å². The molecule has 6 heteroatoms. The molecule has 1 N–H and O–H groups in total. The molecule has 0 unspecified atom stereocenters. The van der Waals surface area contributed by atoms with Gasteiger partial charge in [0.2, 0.25) is 5.91 Å². The molecule has 3 rings (SSSR count). The van der Waals surface area contributed by atoms with Crippen LogP contribution < -0.4 is 15.0 Å². The first kappa shape index (κ1) is 15.0. The molecular weight excluding hydrogens is 294 g/mol. The number of ether oxygens (including phenoxy) is 1. The molecule has 1 aliphatic rings. The molecule has 6 nitrogen and oxygen atoms in total. The van der Waals surface area contributed by atoms with Crippen LogP contribution in [0.2, 0.25) is 0 Å². The third-order valence-corrected chi connectivity index (χ3v) is 3.54. The van der Waals surface area contributed by atoms with Crippen molar-refractivity contribution >= 4 is 17.6 Å². The number of hydrogen-bond donors (Lipinski definition) is 1. The quantitative estimate of drug-likeness (QED) is 0.899. The Hall–Kier alpha value is -2.89. The lowest BCUT2D eigenvalue weighted by atomic mass is 10.1. The normalized spacial score (nSPS) is 13.2. The van der Waals surface area contributed by atoms with E-state index in [1.54, 1.807) is 18.3 Å². The summed E-state index contributed by atoms with van der Waals surface area (Å²) in [5.41, 5.74) is 1.15. The van der Waals surface area contributed by atoms with Gasteiger partial charge in [0.1, 0.15) is 6.54 Å². The van der Waals surface area contributed by atoms with E-state index >= 15 is 0 Å². The van der Waals surface area contributed by atoms with Gasteiger partial charge >= 0.3 is 0 Å². The Morgan fingerprint density at radius 3 is 2.87 bits per heavy atom. The first-order chi connectivity index (χ1) is 11.2. The topological polar surface area (TPSA) is 71.5 Å². The maximum absolute atomic E-state index is 12.1. The van der Waals surface area contributed by atoms with Crippen molar-refractivity contribution in [3.63, 3.8) is 0 Å². The Morgan fingerprint density at radius 1 is 1.22 bits per heavy atom.